The molecule has 0 spiro atoms. The molecule has 5 nitrogen and oxygen atoms in total. The van der Waals surface area contributed by atoms with Crippen LogP contribution in [0.15, 0.2) is 144 Å². The number of para-hydroxylation sites is 2. The Labute approximate surface area is 229 Å². The normalized spacial score (nSPS) is 12.9. The van der Waals surface area contributed by atoms with Crippen LogP contribution in [-0.2, 0) is 10.1 Å². The van der Waals surface area contributed by atoms with Gasteiger partial charge < -0.3 is 4.90 Å². The minimum absolute atomic E-state index is 0.129. The van der Waals surface area contributed by atoms with E-state index in [1.807, 2.05) is 123 Å². The van der Waals surface area contributed by atoms with Crippen molar-refractivity contribution >= 4 is 38.5 Å². The molecule has 4 aromatic rings. The van der Waals surface area contributed by atoms with Gasteiger partial charge in [0.1, 0.15) is 11.9 Å². The zero-order valence-corrected chi connectivity index (χ0v) is 22.6. The van der Waals surface area contributed by atoms with Crippen LogP contribution in [0, 0.1) is 0 Å². The molecule has 1 aliphatic carbocycles. The molecule has 0 heterocycles. The van der Waals surface area contributed by atoms with E-state index in [-0.39, 0.29) is 4.90 Å². The quantitative estimate of drug-likeness (QED) is 0.213. The van der Waals surface area contributed by atoms with E-state index in [1.165, 1.54) is 6.07 Å². The smallest absolute Gasteiger partial charge is 0.295 e. The number of allylic oxidation sites excluding steroid dienone is 5. The van der Waals surface area contributed by atoms with Crippen molar-refractivity contribution in [1.29, 1.82) is 0 Å². The van der Waals surface area contributed by atoms with Gasteiger partial charge in [0.05, 0.1) is 0 Å². The van der Waals surface area contributed by atoms with Gasteiger partial charge in [0, 0.05) is 48.3 Å². The first-order valence-corrected chi connectivity index (χ1v) is 14.0. The molecule has 0 saturated carbocycles. The summed E-state index contributed by atoms with van der Waals surface area (Å²) in [6.07, 6.45) is 7.98. The fraction of sp³-hybridized carbons (Fsp3) is 0.0606. The van der Waals surface area contributed by atoms with Gasteiger partial charge in [0.2, 0.25) is 11.4 Å². The van der Waals surface area contributed by atoms with Crippen LogP contribution in [0.5, 0.6) is 0 Å². The van der Waals surface area contributed by atoms with Gasteiger partial charge in [-0.1, -0.05) is 66.7 Å². The minimum Gasteiger partial charge on any atom is -0.345 e. The lowest BCUT2D eigenvalue weighted by atomic mass is 9.90. The highest BCUT2D eigenvalue weighted by molar-refractivity contribution is 7.86. The Morgan fingerprint density at radius 1 is 0.692 bits per heavy atom. The van der Waals surface area contributed by atoms with Crippen LogP contribution in [0.25, 0.3) is 5.57 Å². The lowest BCUT2D eigenvalue weighted by Gasteiger charge is -2.21. The molecular formula is C33H29N2O3S+. The zero-order chi connectivity index (χ0) is 27.4. The molecule has 6 heteroatoms. The third kappa shape index (κ3) is 5.67. The summed E-state index contributed by atoms with van der Waals surface area (Å²) in [6.45, 7) is 0. The largest absolute Gasteiger partial charge is 0.345 e. The molecule has 4 aromatic carbocycles. The first kappa shape index (κ1) is 26.1. The van der Waals surface area contributed by atoms with Gasteiger partial charge in [-0.3, -0.25) is 4.55 Å². The van der Waals surface area contributed by atoms with Gasteiger partial charge in [0.15, 0.2) is 0 Å². The predicted molar refractivity (Wildman–Crippen MR) is 159 cm³/mol. The summed E-state index contributed by atoms with van der Waals surface area (Å²) < 4.78 is 36.8. The molecular weight excluding hydrogens is 504 g/mol. The summed E-state index contributed by atoms with van der Waals surface area (Å²) in [5.41, 5.74) is 6.92. The van der Waals surface area contributed by atoms with E-state index >= 15 is 0 Å². The standard InChI is InChI=1S/C33H28N2O3S/c1-34(27-11-5-3-6-12-27)29-21-17-25(18-22-29)33(31-15-9-10-16-32(31)39(36,37)38)26-19-23-30(24-20-26)35(2)28-13-7-4-8-14-28/h3-24H,1-2H3/p+1. The number of hydrogen-bond acceptors (Lipinski definition) is 3. The van der Waals surface area contributed by atoms with Crippen molar-refractivity contribution in [3.8, 4) is 0 Å². The highest BCUT2D eigenvalue weighted by Gasteiger charge is 2.22. The van der Waals surface area contributed by atoms with Crippen molar-refractivity contribution in [2.45, 2.75) is 4.90 Å². The Hall–Kier alpha value is -4.52. The van der Waals surface area contributed by atoms with Crippen molar-refractivity contribution in [2.75, 3.05) is 19.0 Å². The second-order valence-electron chi connectivity index (χ2n) is 9.23. The second-order valence-corrected chi connectivity index (χ2v) is 10.6. The number of nitrogens with zero attached hydrogens (tertiary/aromatic N) is 2. The lowest BCUT2D eigenvalue weighted by molar-refractivity contribution is -0.403. The van der Waals surface area contributed by atoms with Crippen molar-refractivity contribution in [3.05, 3.63) is 150 Å². The molecule has 1 aliphatic rings. The summed E-state index contributed by atoms with van der Waals surface area (Å²) in [7, 11) is -0.438. The summed E-state index contributed by atoms with van der Waals surface area (Å²) in [5, 5.41) is 0. The molecule has 0 aromatic heterocycles. The van der Waals surface area contributed by atoms with Gasteiger partial charge in [-0.15, -0.1) is 0 Å². The first-order valence-electron chi connectivity index (χ1n) is 12.6. The Balaban J connectivity index is 1.62. The number of benzene rings is 4. The molecule has 0 bridgehead atoms. The Kier molecular flexibility index (Phi) is 7.41. The maximum Gasteiger partial charge on any atom is 0.295 e. The summed E-state index contributed by atoms with van der Waals surface area (Å²) in [5.74, 6) is 0. The van der Waals surface area contributed by atoms with Gasteiger partial charge in [0.25, 0.3) is 10.1 Å². The topological polar surface area (TPSA) is 60.6 Å². The van der Waals surface area contributed by atoms with Crippen LogP contribution in [-0.4, -0.2) is 37.4 Å². The number of rotatable bonds is 6. The third-order valence-electron chi connectivity index (χ3n) is 6.81. The summed E-state index contributed by atoms with van der Waals surface area (Å²) >= 11 is 0. The second kappa shape index (κ2) is 11.1. The summed E-state index contributed by atoms with van der Waals surface area (Å²) in [4.78, 5) is 1.96. The van der Waals surface area contributed by atoms with E-state index in [0.29, 0.717) is 11.1 Å². The molecule has 0 amide bonds. The highest BCUT2D eigenvalue weighted by atomic mass is 32.2. The van der Waals surface area contributed by atoms with Crippen LogP contribution >= 0.6 is 0 Å². The molecule has 0 fully saturated rings. The summed E-state index contributed by atoms with van der Waals surface area (Å²) in [6, 6.07) is 34.7. The van der Waals surface area contributed by atoms with Gasteiger partial charge >= 0.3 is 0 Å². The van der Waals surface area contributed by atoms with Crippen LogP contribution in [0.2, 0.25) is 0 Å². The van der Waals surface area contributed by atoms with Crippen molar-refractivity contribution in [2.24, 2.45) is 0 Å². The average molecular weight is 534 g/mol. The van der Waals surface area contributed by atoms with E-state index < -0.39 is 10.1 Å². The van der Waals surface area contributed by atoms with Gasteiger partial charge in [-0.25, -0.2) is 0 Å². The van der Waals surface area contributed by atoms with Gasteiger partial charge in [-0.05, 0) is 59.2 Å². The van der Waals surface area contributed by atoms with Crippen LogP contribution < -0.4 is 4.90 Å². The molecule has 5 rings (SSSR count). The van der Waals surface area contributed by atoms with Crippen molar-refractivity contribution < 1.29 is 17.5 Å². The highest BCUT2D eigenvalue weighted by Crippen LogP contribution is 2.35. The average Bonchev–Trinajstić information content (AvgIpc) is 2.98. The zero-order valence-electron chi connectivity index (χ0n) is 21.8. The fourth-order valence-electron chi connectivity index (χ4n) is 4.68. The van der Waals surface area contributed by atoms with Crippen LogP contribution in [0.4, 0.5) is 17.1 Å². The molecule has 0 unspecified atom stereocenters. The maximum absolute atomic E-state index is 12.4. The molecule has 0 radical (unpaired) electrons. The fourth-order valence-corrected chi connectivity index (χ4v) is 5.38. The Morgan fingerprint density at radius 3 is 1.85 bits per heavy atom. The molecule has 39 heavy (non-hydrogen) atoms. The predicted octanol–water partition coefficient (Wildman–Crippen LogP) is 7.04. The molecule has 0 aliphatic heterocycles. The van der Waals surface area contributed by atoms with E-state index in [0.717, 1.165) is 33.9 Å². The molecule has 1 N–H and O–H groups in total. The van der Waals surface area contributed by atoms with E-state index in [9.17, 15) is 13.0 Å². The molecule has 194 valence electrons. The van der Waals surface area contributed by atoms with Crippen molar-refractivity contribution in [3.63, 3.8) is 0 Å². The Bertz CT molecular complexity index is 1700. The van der Waals surface area contributed by atoms with E-state index in [4.69, 9.17) is 0 Å². The van der Waals surface area contributed by atoms with E-state index in [1.54, 1.807) is 18.2 Å². The maximum atomic E-state index is 12.4. The monoisotopic (exact) mass is 533 g/mol. The van der Waals surface area contributed by atoms with Crippen LogP contribution in [0.1, 0.15) is 11.1 Å². The first-order chi connectivity index (χ1) is 18.8. The van der Waals surface area contributed by atoms with Crippen molar-refractivity contribution in [1.82, 2.24) is 0 Å². The van der Waals surface area contributed by atoms with Gasteiger partial charge in [-0.2, -0.15) is 13.0 Å². The lowest BCUT2D eigenvalue weighted by Crippen LogP contribution is -2.11. The van der Waals surface area contributed by atoms with Crippen LogP contribution in [0.3, 0.4) is 0 Å². The number of hydrogen-bond donors (Lipinski definition) is 1. The Morgan fingerprint density at radius 2 is 1.23 bits per heavy atom. The SMILES string of the molecule is CN(c1ccccc1)c1ccc(C(=C2C=CC(=[N+](C)c3ccccc3)C=C2)c2ccccc2S(=O)(=O)O)cc1. The third-order valence-corrected chi connectivity index (χ3v) is 7.72. The molecule has 0 saturated heterocycles. The molecule has 0 atom stereocenters. The number of anilines is 2. The van der Waals surface area contributed by atoms with E-state index in [2.05, 4.69) is 9.48 Å². The minimum atomic E-state index is -4.45.